The molecular formula is C19H30BrN. The summed E-state index contributed by atoms with van der Waals surface area (Å²) in [4.78, 5) is 0. The maximum Gasteiger partial charge on any atom is 0.0178 e. The third-order valence-electron chi connectivity index (χ3n) is 5.32. The first-order valence-electron chi connectivity index (χ1n) is 8.25. The van der Waals surface area contributed by atoms with Gasteiger partial charge in [0.15, 0.2) is 0 Å². The van der Waals surface area contributed by atoms with Gasteiger partial charge in [0.05, 0.1) is 0 Å². The molecule has 0 bridgehead atoms. The van der Waals surface area contributed by atoms with Gasteiger partial charge in [-0.05, 0) is 56.7 Å². The minimum Gasteiger partial charge on any atom is -0.311 e. The number of nitrogens with one attached hydrogen (secondary N) is 1. The van der Waals surface area contributed by atoms with Crippen LogP contribution in [0.3, 0.4) is 0 Å². The molecule has 21 heavy (non-hydrogen) atoms. The molecule has 0 unspecified atom stereocenters. The summed E-state index contributed by atoms with van der Waals surface area (Å²) in [5.41, 5.74) is 2.53. The van der Waals surface area contributed by atoms with Crippen molar-refractivity contribution >= 4 is 15.9 Å². The molecule has 0 spiro atoms. The second-order valence-electron chi connectivity index (χ2n) is 7.95. The second kappa shape index (κ2) is 6.04. The minimum absolute atomic E-state index is 0.176. The number of halogens is 1. The van der Waals surface area contributed by atoms with E-state index in [2.05, 4.69) is 80.1 Å². The molecule has 0 aromatic heterocycles. The smallest absolute Gasteiger partial charge is 0.0178 e. The molecule has 0 radical (unpaired) electrons. The molecule has 1 nitrogen and oxygen atoms in total. The first-order chi connectivity index (χ1) is 9.74. The van der Waals surface area contributed by atoms with Gasteiger partial charge in [0.25, 0.3) is 0 Å². The molecule has 118 valence electrons. The van der Waals surface area contributed by atoms with E-state index < -0.39 is 0 Å². The molecule has 0 heterocycles. The summed E-state index contributed by atoms with van der Waals surface area (Å²) in [5.74, 6) is 0. The summed E-state index contributed by atoms with van der Waals surface area (Å²) >= 11 is 3.64. The summed E-state index contributed by atoms with van der Waals surface area (Å²) in [6, 6.07) is 8.93. The molecule has 1 aromatic carbocycles. The third kappa shape index (κ3) is 3.71. The first-order valence-corrected chi connectivity index (χ1v) is 9.05. The van der Waals surface area contributed by atoms with Crippen molar-refractivity contribution in [1.29, 1.82) is 0 Å². The molecule has 0 atom stereocenters. The first kappa shape index (κ1) is 17.0. The molecule has 0 aliphatic heterocycles. The van der Waals surface area contributed by atoms with Gasteiger partial charge in [-0.2, -0.15) is 0 Å². The fraction of sp³-hybridized carbons (Fsp3) is 0.684. The summed E-state index contributed by atoms with van der Waals surface area (Å²) in [6.45, 7) is 12.6. The molecule has 1 fully saturated rings. The molecule has 1 aliphatic rings. The molecule has 1 saturated carbocycles. The van der Waals surface area contributed by atoms with Crippen LogP contribution in [0.5, 0.6) is 0 Å². The van der Waals surface area contributed by atoms with Crippen LogP contribution >= 0.6 is 15.9 Å². The van der Waals surface area contributed by atoms with Crippen LogP contribution in [0.1, 0.15) is 65.9 Å². The lowest BCUT2D eigenvalue weighted by Crippen LogP contribution is -2.56. The van der Waals surface area contributed by atoms with Gasteiger partial charge < -0.3 is 5.32 Å². The predicted octanol–water partition coefficient (Wildman–Crippen LogP) is 5.68. The van der Waals surface area contributed by atoms with E-state index in [1.165, 1.54) is 35.7 Å². The fourth-order valence-electron chi connectivity index (χ4n) is 3.82. The van der Waals surface area contributed by atoms with Crippen LogP contribution in [0, 0.1) is 5.41 Å². The lowest BCUT2D eigenvalue weighted by atomic mass is 9.48. The zero-order valence-electron chi connectivity index (χ0n) is 14.2. The Morgan fingerprint density at radius 1 is 1.14 bits per heavy atom. The lowest BCUT2D eigenvalue weighted by Gasteiger charge is -2.57. The van der Waals surface area contributed by atoms with E-state index in [0.717, 1.165) is 6.54 Å². The topological polar surface area (TPSA) is 12.0 Å². The molecule has 1 N–H and O–H groups in total. The van der Waals surface area contributed by atoms with Gasteiger partial charge >= 0.3 is 0 Å². The van der Waals surface area contributed by atoms with Crippen molar-refractivity contribution in [2.75, 3.05) is 6.54 Å². The standard InChI is InChI=1S/C19H30BrN/c1-6-18(7-2)12-19(13-18,14-21-17(3,4)5)15-9-8-10-16(20)11-15/h8-11,21H,6-7,12-14H2,1-5H3. The summed E-state index contributed by atoms with van der Waals surface area (Å²) in [5, 5.41) is 3.75. The molecule has 2 heteroatoms. The lowest BCUT2D eigenvalue weighted by molar-refractivity contribution is 0.00940. The zero-order chi connectivity index (χ0) is 15.7. The monoisotopic (exact) mass is 351 g/mol. The highest BCUT2D eigenvalue weighted by Gasteiger charge is 2.53. The van der Waals surface area contributed by atoms with Crippen molar-refractivity contribution in [2.45, 2.75) is 71.3 Å². The van der Waals surface area contributed by atoms with Crippen molar-refractivity contribution in [3.05, 3.63) is 34.3 Å². The Kier molecular flexibility index (Phi) is 4.90. The summed E-state index contributed by atoms with van der Waals surface area (Å²) < 4.78 is 1.20. The highest BCUT2D eigenvalue weighted by Crippen LogP contribution is 2.59. The van der Waals surface area contributed by atoms with Crippen LogP contribution in [0.15, 0.2) is 28.7 Å². The van der Waals surface area contributed by atoms with E-state index >= 15 is 0 Å². The molecular weight excluding hydrogens is 322 g/mol. The minimum atomic E-state index is 0.176. The van der Waals surface area contributed by atoms with Crippen molar-refractivity contribution in [3.8, 4) is 0 Å². The maximum absolute atomic E-state index is 3.75. The Morgan fingerprint density at radius 3 is 2.24 bits per heavy atom. The Morgan fingerprint density at radius 2 is 1.76 bits per heavy atom. The molecule has 0 amide bonds. The quantitative estimate of drug-likeness (QED) is 0.719. The Balaban J connectivity index is 2.25. The maximum atomic E-state index is 3.75. The van der Waals surface area contributed by atoms with E-state index in [1.54, 1.807) is 0 Å². The van der Waals surface area contributed by atoms with Gasteiger partial charge in [0, 0.05) is 22.0 Å². The van der Waals surface area contributed by atoms with E-state index in [1.807, 2.05) is 0 Å². The molecule has 1 aromatic rings. The van der Waals surface area contributed by atoms with Gasteiger partial charge in [-0.25, -0.2) is 0 Å². The molecule has 2 rings (SSSR count). The van der Waals surface area contributed by atoms with E-state index in [9.17, 15) is 0 Å². The Hall–Kier alpha value is -0.340. The largest absolute Gasteiger partial charge is 0.311 e. The van der Waals surface area contributed by atoms with E-state index in [4.69, 9.17) is 0 Å². The zero-order valence-corrected chi connectivity index (χ0v) is 15.8. The normalized spacial score (nSPS) is 20.1. The Bertz CT molecular complexity index is 475. The Labute approximate surface area is 139 Å². The van der Waals surface area contributed by atoms with Crippen LogP contribution in [0.4, 0.5) is 0 Å². The van der Waals surface area contributed by atoms with Gasteiger partial charge in [-0.1, -0.05) is 54.8 Å². The molecule has 0 saturated heterocycles. The highest BCUT2D eigenvalue weighted by atomic mass is 79.9. The van der Waals surface area contributed by atoms with Crippen LogP contribution < -0.4 is 5.32 Å². The van der Waals surface area contributed by atoms with Crippen molar-refractivity contribution < 1.29 is 0 Å². The van der Waals surface area contributed by atoms with Crippen LogP contribution in [-0.4, -0.2) is 12.1 Å². The van der Waals surface area contributed by atoms with Crippen molar-refractivity contribution in [3.63, 3.8) is 0 Å². The van der Waals surface area contributed by atoms with Crippen LogP contribution in [0.25, 0.3) is 0 Å². The van der Waals surface area contributed by atoms with Gasteiger partial charge in [-0.3, -0.25) is 0 Å². The van der Waals surface area contributed by atoms with E-state index in [0.29, 0.717) is 10.8 Å². The number of hydrogen-bond acceptors (Lipinski definition) is 1. The second-order valence-corrected chi connectivity index (χ2v) is 8.87. The molecule has 1 aliphatic carbocycles. The third-order valence-corrected chi connectivity index (χ3v) is 5.81. The predicted molar refractivity (Wildman–Crippen MR) is 95.8 cm³/mol. The number of hydrogen-bond donors (Lipinski definition) is 1. The highest BCUT2D eigenvalue weighted by molar-refractivity contribution is 9.10. The van der Waals surface area contributed by atoms with Gasteiger partial charge in [-0.15, -0.1) is 0 Å². The van der Waals surface area contributed by atoms with Crippen molar-refractivity contribution in [2.24, 2.45) is 5.41 Å². The van der Waals surface area contributed by atoms with Crippen LogP contribution in [-0.2, 0) is 5.41 Å². The fourth-order valence-corrected chi connectivity index (χ4v) is 4.22. The van der Waals surface area contributed by atoms with Gasteiger partial charge in [0.1, 0.15) is 0 Å². The summed E-state index contributed by atoms with van der Waals surface area (Å²) in [6.07, 6.45) is 5.22. The summed E-state index contributed by atoms with van der Waals surface area (Å²) in [7, 11) is 0. The van der Waals surface area contributed by atoms with Crippen LogP contribution in [0.2, 0.25) is 0 Å². The van der Waals surface area contributed by atoms with Gasteiger partial charge in [0.2, 0.25) is 0 Å². The average molecular weight is 352 g/mol. The average Bonchev–Trinajstić information content (AvgIpc) is 2.37. The number of benzene rings is 1. The van der Waals surface area contributed by atoms with E-state index in [-0.39, 0.29) is 5.54 Å². The van der Waals surface area contributed by atoms with Crippen molar-refractivity contribution in [1.82, 2.24) is 5.32 Å². The SMILES string of the molecule is CCC1(CC)CC(CNC(C)(C)C)(c2cccc(Br)c2)C1. The number of rotatable bonds is 5.